The molecule has 168 valence electrons. The quantitative estimate of drug-likeness (QED) is 0.752. The first kappa shape index (κ1) is 21.6. The van der Waals surface area contributed by atoms with Gasteiger partial charge < -0.3 is 15.2 Å². The van der Waals surface area contributed by atoms with E-state index in [1.807, 2.05) is 20.8 Å². The number of hydrogen-bond donors (Lipinski definition) is 2. The predicted molar refractivity (Wildman–Crippen MR) is 103 cm³/mol. The van der Waals surface area contributed by atoms with Gasteiger partial charge in [0.05, 0.1) is 36.1 Å². The van der Waals surface area contributed by atoms with Gasteiger partial charge in [-0.25, -0.2) is 0 Å². The number of aliphatic hydroxyl groups is 1. The third kappa shape index (κ3) is 4.23. The Hall–Kier alpha value is -1.61. The fraction of sp³-hybridized carbons (Fsp3) is 0.810. The van der Waals surface area contributed by atoms with Crippen molar-refractivity contribution in [2.24, 2.45) is 17.8 Å². The van der Waals surface area contributed by atoms with E-state index in [0.717, 1.165) is 30.1 Å². The van der Waals surface area contributed by atoms with E-state index in [1.54, 1.807) is 0 Å². The molecule has 0 radical (unpaired) electrons. The zero-order valence-electron chi connectivity index (χ0n) is 17.6. The number of amides is 1. The van der Waals surface area contributed by atoms with Gasteiger partial charge in [0.2, 0.25) is 0 Å². The molecule has 4 aliphatic rings. The number of ether oxygens (including phenoxy) is 1. The van der Waals surface area contributed by atoms with Gasteiger partial charge in [0.1, 0.15) is 0 Å². The molecule has 1 heterocycles. The first-order valence-electron chi connectivity index (χ1n) is 10.6. The molecule has 5 rings (SSSR count). The van der Waals surface area contributed by atoms with E-state index in [4.69, 9.17) is 4.74 Å². The van der Waals surface area contributed by atoms with Crippen molar-refractivity contribution in [2.75, 3.05) is 6.61 Å². The van der Waals surface area contributed by atoms with Crippen LogP contribution in [0, 0.1) is 17.8 Å². The average molecular weight is 429 g/mol. The van der Waals surface area contributed by atoms with Crippen molar-refractivity contribution in [1.29, 1.82) is 0 Å². The average Bonchev–Trinajstić information content (AvgIpc) is 2.99. The molecule has 6 nitrogen and oxygen atoms in total. The summed E-state index contributed by atoms with van der Waals surface area (Å²) in [5, 5.41) is 17.4. The maximum Gasteiger partial charge on any atom is 0.433 e. The topological polar surface area (TPSA) is 76.4 Å². The Balaban J connectivity index is 1.50. The molecule has 1 aromatic heterocycles. The Bertz CT molecular complexity index is 799. The van der Waals surface area contributed by atoms with Gasteiger partial charge in [-0.2, -0.15) is 18.3 Å². The number of halogens is 3. The smallest absolute Gasteiger partial charge is 0.390 e. The van der Waals surface area contributed by atoms with Crippen LogP contribution in [0.25, 0.3) is 0 Å². The first-order valence-corrected chi connectivity index (χ1v) is 10.6. The standard InChI is InChI=1S/C21H30F3N3O3/c1-19(2,3)30-5-4-27-17(21(22,23)24)15(11-25-27)18(28)26-16-13-6-12-7-14(16)10-20(29,8-12)9-13/h11-14,16,29H,4-10H2,1-3H3,(H,26,28)/t12?,13-,14-,16?,20?/m0/s1. The number of aromatic nitrogens is 2. The highest BCUT2D eigenvalue weighted by molar-refractivity contribution is 5.95. The van der Waals surface area contributed by atoms with Gasteiger partial charge in [-0.15, -0.1) is 0 Å². The predicted octanol–water partition coefficient (Wildman–Crippen LogP) is 3.39. The van der Waals surface area contributed by atoms with E-state index in [1.165, 1.54) is 0 Å². The van der Waals surface area contributed by atoms with Crippen LogP contribution in [0.2, 0.25) is 0 Å². The van der Waals surface area contributed by atoms with Crippen LogP contribution in [-0.2, 0) is 17.5 Å². The van der Waals surface area contributed by atoms with Crippen LogP contribution in [-0.4, -0.2) is 44.6 Å². The first-order chi connectivity index (χ1) is 13.8. The normalized spacial score (nSPS) is 33.2. The zero-order valence-corrected chi connectivity index (χ0v) is 17.6. The molecule has 1 amide bonds. The number of nitrogens with zero attached hydrogens (tertiary/aromatic N) is 2. The SMILES string of the molecule is CC(C)(C)OCCn1ncc(C(=O)NC2[C@H]3CC4C[C@H]2CC(O)(C4)C3)c1C(F)(F)F. The number of alkyl halides is 3. The van der Waals surface area contributed by atoms with Gasteiger partial charge in [0, 0.05) is 6.04 Å². The van der Waals surface area contributed by atoms with Crippen LogP contribution in [0.15, 0.2) is 6.20 Å². The number of hydrogen-bond acceptors (Lipinski definition) is 4. The van der Waals surface area contributed by atoms with Crippen molar-refractivity contribution in [3.8, 4) is 0 Å². The summed E-state index contributed by atoms with van der Waals surface area (Å²) in [7, 11) is 0. The molecule has 4 saturated carbocycles. The maximum absolute atomic E-state index is 13.8. The van der Waals surface area contributed by atoms with E-state index < -0.39 is 34.5 Å². The Morgan fingerprint density at radius 2 is 1.90 bits per heavy atom. The molecule has 2 N–H and O–H groups in total. The minimum Gasteiger partial charge on any atom is -0.390 e. The van der Waals surface area contributed by atoms with Gasteiger partial charge >= 0.3 is 6.18 Å². The summed E-state index contributed by atoms with van der Waals surface area (Å²) in [6.07, 6.45) is 0.158. The minimum absolute atomic E-state index is 0.0576. The van der Waals surface area contributed by atoms with E-state index in [0.29, 0.717) is 18.8 Å². The lowest BCUT2D eigenvalue weighted by Crippen LogP contribution is -2.61. The summed E-state index contributed by atoms with van der Waals surface area (Å²) in [6, 6.07) is -0.192. The molecule has 1 aromatic rings. The summed E-state index contributed by atoms with van der Waals surface area (Å²) in [5.74, 6) is -0.0451. The molecule has 9 heteroatoms. The van der Waals surface area contributed by atoms with Crippen molar-refractivity contribution in [3.63, 3.8) is 0 Å². The summed E-state index contributed by atoms with van der Waals surface area (Å²) >= 11 is 0. The Morgan fingerprint density at radius 1 is 1.27 bits per heavy atom. The van der Waals surface area contributed by atoms with E-state index >= 15 is 0 Å². The lowest BCUT2D eigenvalue weighted by atomic mass is 9.52. The Morgan fingerprint density at radius 3 is 2.43 bits per heavy atom. The monoisotopic (exact) mass is 429 g/mol. The molecule has 0 saturated heterocycles. The molecule has 30 heavy (non-hydrogen) atoms. The van der Waals surface area contributed by atoms with Crippen LogP contribution >= 0.6 is 0 Å². The lowest BCUT2D eigenvalue weighted by Gasteiger charge is -2.58. The highest BCUT2D eigenvalue weighted by Crippen LogP contribution is 2.55. The second kappa shape index (κ2) is 7.22. The second-order valence-corrected chi connectivity index (χ2v) is 10.3. The highest BCUT2D eigenvalue weighted by Gasteiger charge is 2.55. The van der Waals surface area contributed by atoms with Crippen molar-refractivity contribution >= 4 is 5.91 Å². The molecule has 4 bridgehead atoms. The fourth-order valence-corrected chi connectivity index (χ4v) is 5.90. The van der Waals surface area contributed by atoms with E-state index in [2.05, 4.69) is 10.4 Å². The van der Waals surface area contributed by atoms with Crippen LogP contribution in [0.3, 0.4) is 0 Å². The molecule has 0 unspecified atom stereocenters. The van der Waals surface area contributed by atoms with E-state index in [9.17, 15) is 23.1 Å². The second-order valence-electron chi connectivity index (χ2n) is 10.3. The fourth-order valence-electron chi connectivity index (χ4n) is 5.90. The van der Waals surface area contributed by atoms with Crippen LogP contribution in [0.5, 0.6) is 0 Å². The van der Waals surface area contributed by atoms with Gasteiger partial charge in [-0.3, -0.25) is 9.48 Å². The van der Waals surface area contributed by atoms with Crippen molar-refractivity contribution in [2.45, 2.75) is 82.8 Å². The molecule has 4 fully saturated rings. The van der Waals surface area contributed by atoms with Gasteiger partial charge in [-0.05, 0) is 70.6 Å². The van der Waals surface area contributed by atoms with Crippen molar-refractivity contribution in [3.05, 3.63) is 17.5 Å². The van der Waals surface area contributed by atoms with Crippen LogP contribution in [0.1, 0.15) is 68.9 Å². The summed E-state index contributed by atoms with van der Waals surface area (Å²) in [4.78, 5) is 12.9. The van der Waals surface area contributed by atoms with Crippen molar-refractivity contribution < 1.29 is 27.8 Å². The molecule has 0 aromatic carbocycles. The molecular weight excluding hydrogens is 399 g/mol. The summed E-state index contributed by atoms with van der Waals surface area (Å²) in [5.41, 5.74) is -2.63. The van der Waals surface area contributed by atoms with Gasteiger partial charge in [0.15, 0.2) is 5.69 Å². The number of rotatable bonds is 5. The molecule has 2 atom stereocenters. The largest absolute Gasteiger partial charge is 0.433 e. The Kier molecular flexibility index (Phi) is 5.20. The Labute approximate surface area is 174 Å². The summed E-state index contributed by atoms with van der Waals surface area (Å²) < 4.78 is 47.6. The third-order valence-electron chi connectivity index (χ3n) is 6.73. The number of nitrogens with one attached hydrogen (secondary N) is 1. The summed E-state index contributed by atoms with van der Waals surface area (Å²) in [6.45, 7) is 5.42. The van der Waals surface area contributed by atoms with Crippen LogP contribution in [0.4, 0.5) is 13.2 Å². The van der Waals surface area contributed by atoms with Gasteiger partial charge in [-0.1, -0.05) is 0 Å². The molecule has 0 spiro atoms. The number of carbonyl (C=O) groups is 1. The van der Waals surface area contributed by atoms with Crippen LogP contribution < -0.4 is 5.32 Å². The minimum atomic E-state index is -4.70. The zero-order chi connectivity index (χ0) is 21.9. The lowest BCUT2D eigenvalue weighted by molar-refractivity contribution is -0.145. The molecular formula is C21H30F3N3O3. The number of carbonyl (C=O) groups excluding carboxylic acids is 1. The highest BCUT2D eigenvalue weighted by atomic mass is 19.4. The van der Waals surface area contributed by atoms with E-state index in [-0.39, 0.29) is 31.0 Å². The maximum atomic E-state index is 13.8. The molecule has 0 aliphatic heterocycles. The van der Waals surface area contributed by atoms with Crippen molar-refractivity contribution in [1.82, 2.24) is 15.1 Å². The third-order valence-corrected chi connectivity index (χ3v) is 6.73. The van der Waals surface area contributed by atoms with Gasteiger partial charge in [0.25, 0.3) is 5.91 Å². The molecule has 4 aliphatic carbocycles.